The number of aryl methyl sites for hydroxylation is 1. The van der Waals surface area contributed by atoms with Gasteiger partial charge in [-0.15, -0.1) is 0 Å². The average molecular weight is 470 g/mol. The number of carboxylic acids is 1. The lowest BCUT2D eigenvalue weighted by Gasteiger charge is -2.24. The molecule has 1 fully saturated rings. The Morgan fingerprint density at radius 2 is 1.84 bits per heavy atom. The van der Waals surface area contributed by atoms with Crippen molar-refractivity contribution in [3.05, 3.63) is 58.9 Å². The van der Waals surface area contributed by atoms with E-state index in [9.17, 15) is 27.2 Å². The first-order valence-electron chi connectivity index (χ1n) is 9.43. The smallest absolute Gasteiger partial charge is 0.416 e. The second kappa shape index (κ2) is 8.83. The van der Waals surface area contributed by atoms with Crippen molar-refractivity contribution in [2.24, 2.45) is 0 Å². The molecule has 1 atom stereocenters. The summed E-state index contributed by atoms with van der Waals surface area (Å²) < 4.78 is 59.8. The van der Waals surface area contributed by atoms with Crippen molar-refractivity contribution >= 4 is 40.6 Å². The first-order chi connectivity index (χ1) is 15.0. The number of aromatic carboxylic acids is 1. The predicted octanol–water partition coefficient (Wildman–Crippen LogP) is 4.39. The third-order valence-corrected chi connectivity index (χ3v) is 5.32. The van der Waals surface area contributed by atoms with Crippen LogP contribution in [0.2, 0.25) is 0 Å². The van der Waals surface area contributed by atoms with Gasteiger partial charge in [0.05, 0.1) is 23.4 Å². The Balaban J connectivity index is 2.08. The molecule has 1 amide bonds. The summed E-state index contributed by atoms with van der Waals surface area (Å²) in [5.41, 5.74) is -1.53. The van der Waals surface area contributed by atoms with Crippen molar-refractivity contribution in [1.29, 1.82) is 0 Å². The van der Waals surface area contributed by atoms with Gasteiger partial charge in [-0.2, -0.15) is 13.2 Å². The number of nitrogens with zero attached hydrogens (tertiary/aromatic N) is 2. The number of rotatable bonds is 6. The normalized spacial score (nSPS) is 16.8. The van der Waals surface area contributed by atoms with Crippen LogP contribution in [0.15, 0.2) is 36.4 Å². The maximum absolute atomic E-state index is 14.3. The number of halogens is 4. The van der Waals surface area contributed by atoms with Gasteiger partial charge in [0, 0.05) is 12.3 Å². The van der Waals surface area contributed by atoms with Gasteiger partial charge >= 0.3 is 12.1 Å². The van der Waals surface area contributed by atoms with E-state index in [-0.39, 0.29) is 35.3 Å². The van der Waals surface area contributed by atoms with Gasteiger partial charge in [-0.3, -0.25) is 9.69 Å². The van der Waals surface area contributed by atoms with Crippen molar-refractivity contribution in [2.45, 2.75) is 26.1 Å². The highest BCUT2D eigenvalue weighted by atomic mass is 32.1. The van der Waals surface area contributed by atoms with Crippen molar-refractivity contribution in [1.82, 2.24) is 0 Å². The summed E-state index contributed by atoms with van der Waals surface area (Å²) >= 11 is 5.38. The minimum atomic E-state index is -4.63. The molecule has 1 saturated heterocycles. The van der Waals surface area contributed by atoms with E-state index in [1.165, 1.54) is 30.0 Å². The first-order valence-corrected chi connectivity index (χ1v) is 9.83. The van der Waals surface area contributed by atoms with Gasteiger partial charge in [0.2, 0.25) is 0 Å². The Labute approximate surface area is 186 Å². The molecule has 1 unspecified atom stereocenters. The maximum Gasteiger partial charge on any atom is 0.416 e. The van der Waals surface area contributed by atoms with Crippen LogP contribution in [0.1, 0.15) is 28.4 Å². The van der Waals surface area contributed by atoms with Crippen LogP contribution in [0.25, 0.3) is 0 Å². The summed E-state index contributed by atoms with van der Waals surface area (Å²) in [5.74, 6) is -3.17. The zero-order valence-corrected chi connectivity index (χ0v) is 17.8. The second-order valence-corrected chi connectivity index (χ2v) is 7.33. The quantitative estimate of drug-likeness (QED) is 0.499. The molecule has 0 aromatic heterocycles. The molecule has 32 heavy (non-hydrogen) atoms. The molecule has 1 N–H and O–H groups in total. The fourth-order valence-corrected chi connectivity index (χ4v) is 3.81. The van der Waals surface area contributed by atoms with Crippen molar-refractivity contribution in [2.75, 3.05) is 23.0 Å². The van der Waals surface area contributed by atoms with Crippen LogP contribution in [0.4, 0.5) is 28.9 Å². The van der Waals surface area contributed by atoms with Crippen molar-refractivity contribution in [3.8, 4) is 0 Å². The molecule has 1 heterocycles. The highest BCUT2D eigenvalue weighted by molar-refractivity contribution is 7.81. The molecule has 1 aliphatic heterocycles. The number of anilines is 2. The Bertz CT molecular complexity index is 1090. The second-order valence-electron chi connectivity index (χ2n) is 6.97. The summed E-state index contributed by atoms with van der Waals surface area (Å²) in [6.45, 7) is 3.08. The molecule has 0 saturated carbocycles. The third-order valence-electron chi connectivity index (χ3n) is 4.94. The predicted molar refractivity (Wildman–Crippen MR) is 112 cm³/mol. The number of benzene rings is 2. The number of carbonyl (C=O) groups is 2. The first kappa shape index (κ1) is 23.6. The zero-order chi connectivity index (χ0) is 23.8. The molecule has 2 aromatic carbocycles. The summed E-state index contributed by atoms with van der Waals surface area (Å²) in [5, 5.41) is 8.85. The number of carbonyl (C=O) groups excluding carboxylic acids is 1. The van der Waals surface area contributed by atoms with E-state index in [0.29, 0.717) is 0 Å². The van der Waals surface area contributed by atoms with E-state index >= 15 is 0 Å². The summed E-state index contributed by atoms with van der Waals surface area (Å²) in [7, 11) is 0. The van der Waals surface area contributed by atoms with Crippen LogP contribution in [0.3, 0.4) is 0 Å². The van der Waals surface area contributed by atoms with E-state index in [4.69, 9.17) is 22.1 Å². The Hall–Kier alpha value is -3.05. The molecule has 0 bridgehead atoms. The Kier molecular flexibility index (Phi) is 6.51. The highest BCUT2D eigenvalue weighted by Crippen LogP contribution is 2.37. The minimum absolute atomic E-state index is 0.0205. The fourth-order valence-electron chi connectivity index (χ4n) is 3.38. The lowest BCUT2D eigenvalue weighted by atomic mass is 10.1. The molecule has 0 radical (unpaired) electrons. The number of amides is 1. The molecule has 0 spiro atoms. The van der Waals surface area contributed by atoms with Crippen LogP contribution < -0.4 is 9.80 Å². The number of carboxylic acid groups (broad SMARTS) is 1. The van der Waals surface area contributed by atoms with E-state index < -0.39 is 41.0 Å². The summed E-state index contributed by atoms with van der Waals surface area (Å²) in [6, 6.07) is 5.52. The Morgan fingerprint density at radius 1 is 1.19 bits per heavy atom. The number of hydrogen-bond donors (Lipinski definition) is 1. The monoisotopic (exact) mass is 470 g/mol. The lowest BCUT2D eigenvalue weighted by Crippen LogP contribution is -2.38. The van der Waals surface area contributed by atoms with Gasteiger partial charge in [0.15, 0.2) is 5.11 Å². The molecular formula is C21H18F4N2O4S. The Morgan fingerprint density at radius 3 is 2.41 bits per heavy atom. The largest absolute Gasteiger partial charge is 0.478 e. The van der Waals surface area contributed by atoms with E-state index in [1.807, 2.05) is 0 Å². The van der Waals surface area contributed by atoms with Gasteiger partial charge < -0.3 is 14.7 Å². The van der Waals surface area contributed by atoms with E-state index in [0.717, 1.165) is 23.1 Å². The lowest BCUT2D eigenvalue weighted by molar-refractivity contribution is -0.138. The number of thiocarbonyl (C=S) groups is 1. The van der Waals surface area contributed by atoms with Crippen molar-refractivity contribution < 1.29 is 37.0 Å². The number of ether oxygens (including phenoxy) is 1. The highest BCUT2D eigenvalue weighted by Gasteiger charge is 2.45. The van der Waals surface area contributed by atoms with Gasteiger partial charge in [0.25, 0.3) is 5.91 Å². The van der Waals surface area contributed by atoms with Crippen LogP contribution in [-0.4, -0.2) is 41.4 Å². The average Bonchev–Trinajstić information content (AvgIpc) is 2.95. The van der Waals surface area contributed by atoms with Crippen LogP contribution in [0, 0.1) is 12.7 Å². The number of alkyl halides is 3. The number of hydrogen-bond acceptors (Lipinski definition) is 4. The topological polar surface area (TPSA) is 70.1 Å². The minimum Gasteiger partial charge on any atom is -0.478 e. The molecule has 170 valence electrons. The molecule has 1 aliphatic rings. The van der Waals surface area contributed by atoms with Crippen LogP contribution >= 0.6 is 12.2 Å². The molecule has 3 rings (SSSR count). The summed E-state index contributed by atoms with van der Waals surface area (Å²) in [4.78, 5) is 26.4. The fraction of sp³-hybridized carbons (Fsp3) is 0.286. The van der Waals surface area contributed by atoms with E-state index in [1.54, 1.807) is 6.92 Å². The van der Waals surface area contributed by atoms with Crippen molar-refractivity contribution in [3.63, 3.8) is 0 Å². The molecule has 0 aliphatic carbocycles. The van der Waals surface area contributed by atoms with Crippen LogP contribution in [-0.2, 0) is 15.7 Å². The standard InChI is InChI=1S/C21H18F4N2O4S/c1-3-31-10-17-18(28)27(12-5-4-11(2)15(8-12)21(23,24)25)20(32)26(17)13-6-7-14(19(29)30)16(22)9-13/h4-9,17H,3,10H2,1-2H3,(H,29,30). The van der Waals surface area contributed by atoms with Gasteiger partial charge in [0.1, 0.15) is 11.9 Å². The summed E-state index contributed by atoms with van der Waals surface area (Å²) in [6.07, 6.45) is -4.63. The zero-order valence-electron chi connectivity index (χ0n) is 16.9. The van der Waals surface area contributed by atoms with Gasteiger partial charge in [-0.1, -0.05) is 6.07 Å². The maximum atomic E-state index is 14.3. The van der Waals surface area contributed by atoms with Crippen LogP contribution in [0.5, 0.6) is 0 Å². The van der Waals surface area contributed by atoms with Gasteiger partial charge in [-0.05, 0) is 62.0 Å². The third kappa shape index (κ3) is 4.30. The molecule has 2 aromatic rings. The van der Waals surface area contributed by atoms with Gasteiger partial charge in [-0.25, -0.2) is 9.18 Å². The van der Waals surface area contributed by atoms with E-state index in [2.05, 4.69) is 0 Å². The SMILES string of the molecule is CCOCC1C(=O)N(c2ccc(C)c(C(F)(F)F)c2)C(=S)N1c1ccc(C(=O)O)c(F)c1. The molecule has 6 nitrogen and oxygen atoms in total. The molecular weight excluding hydrogens is 452 g/mol. The molecule has 11 heteroatoms.